The zero-order chi connectivity index (χ0) is 13.5. The minimum Gasteiger partial charge on any atom is -0.497 e. The lowest BCUT2D eigenvalue weighted by molar-refractivity contribution is -0.104. The average Bonchev–Trinajstić information content (AvgIpc) is 2.43. The summed E-state index contributed by atoms with van der Waals surface area (Å²) in [5, 5.41) is 5.87. The van der Waals surface area contributed by atoms with Crippen LogP contribution in [0.3, 0.4) is 0 Å². The van der Waals surface area contributed by atoms with Gasteiger partial charge in [0, 0.05) is 13.1 Å². The maximum absolute atomic E-state index is 10.5. The van der Waals surface area contributed by atoms with Gasteiger partial charge in [-0.15, -0.1) is 0 Å². The van der Waals surface area contributed by atoms with Gasteiger partial charge < -0.3 is 4.74 Å². The third kappa shape index (κ3) is 4.27. The molecule has 0 aliphatic carbocycles. The van der Waals surface area contributed by atoms with Crippen LogP contribution in [0, 0.1) is 0 Å². The number of allylic oxidation sites excluding steroid dienone is 2. The number of hydrogen-bond donors (Lipinski definition) is 0. The third-order valence-electron chi connectivity index (χ3n) is 2.10. The Morgan fingerprint density at radius 1 is 1.39 bits per heavy atom. The molecule has 4 nitrogen and oxygen atoms in total. The van der Waals surface area contributed by atoms with E-state index in [1.165, 1.54) is 6.21 Å². The van der Waals surface area contributed by atoms with Crippen molar-refractivity contribution < 1.29 is 9.53 Å². The number of ether oxygens (including phenoxy) is 1. The maximum atomic E-state index is 10.5. The van der Waals surface area contributed by atoms with E-state index >= 15 is 0 Å². The van der Waals surface area contributed by atoms with E-state index in [9.17, 15) is 4.79 Å². The number of hydrazone groups is 1. The number of nitrogens with zero attached hydrogens (tertiary/aromatic N) is 2. The Balaban J connectivity index is 2.85. The van der Waals surface area contributed by atoms with Crippen molar-refractivity contribution in [2.24, 2.45) is 5.10 Å². The molecule has 0 heterocycles. The average molecular weight is 376 g/mol. The van der Waals surface area contributed by atoms with Gasteiger partial charge in [0.15, 0.2) is 6.29 Å². The van der Waals surface area contributed by atoms with Crippen LogP contribution >= 0.6 is 31.9 Å². The summed E-state index contributed by atoms with van der Waals surface area (Å²) >= 11 is 6.34. The minimum atomic E-state index is 0.408. The molecule has 0 saturated heterocycles. The van der Waals surface area contributed by atoms with E-state index in [-0.39, 0.29) is 0 Å². The molecule has 18 heavy (non-hydrogen) atoms. The van der Waals surface area contributed by atoms with E-state index in [1.807, 2.05) is 24.3 Å². The Morgan fingerprint density at radius 3 is 2.72 bits per heavy atom. The number of carbonyl (C=O) groups is 1. The summed E-state index contributed by atoms with van der Waals surface area (Å²) in [7, 11) is 3.42. The van der Waals surface area contributed by atoms with Crippen LogP contribution in [0.5, 0.6) is 5.75 Å². The predicted octanol–water partition coefficient (Wildman–Crippen LogP) is 3.32. The van der Waals surface area contributed by atoms with Crippen LogP contribution < -0.4 is 9.75 Å². The van der Waals surface area contributed by atoms with Gasteiger partial charge >= 0.3 is 0 Å². The second kappa shape index (κ2) is 7.33. The largest absolute Gasteiger partial charge is 0.497 e. The number of halogens is 2. The fraction of sp³-hybridized carbons (Fsp3) is 0.167. The van der Waals surface area contributed by atoms with Gasteiger partial charge in [0.1, 0.15) is 5.75 Å². The first-order valence-corrected chi connectivity index (χ1v) is 6.59. The van der Waals surface area contributed by atoms with Gasteiger partial charge in [-0.2, -0.15) is 5.10 Å². The normalized spacial score (nSPS) is 12.2. The zero-order valence-electron chi connectivity index (χ0n) is 9.93. The Kier molecular flexibility index (Phi) is 6.07. The van der Waals surface area contributed by atoms with Crippen molar-refractivity contribution in [3.63, 3.8) is 0 Å². The first kappa shape index (κ1) is 14.9. The summed E-state index contributed by atoms with van der Waals surface area (Å²) in [6, 6.07) is 7.52. The number of benzene rings is 1. The Labute approximate surface area is 123 Å². The van der Waals surface area contributed by atoms with Crippen molar-refractivity contribution in [2.45, 2.75) is 0 Å². The maximum Gasteiger partial charge on any atom is 0.158 e. The molecule has 0 aromatic heterocycles. The molecule has 96 valence electrons. The monoisotopic (exact) mass is 374 g/mol. The highest BCUT2D eigenvalue weighted by Gasteiger charge is 2.01. The first-order valence-electron chi connectivity index (χ1n) is 5.00. The number of anilines is 1. The lowest BCUT2D eigenvalue weighted by atomic mass is 10.3. The number of methoxy groups -OCH3 is 1. The van der Waals surface area contributed by atoms with Crippen molar-refractivity contribution >= 4 is 50.0 Å². The van der Waals surface area contributed by atoms with Crippen LogP contribution in [0.4, 0.5) is 5.69 Å². The fourth-order valence-corrected chi connectivity index (χ4v) is 1.42. The molecule has 0 spiro atoms. The van der Waals surface area contributed by atoms with E-state index in [0.717, 1.165) is 11.4 Å². The van der Waals surface area contributed by atoms with Crippen molar-refractivity contribution in [2.75, 3.05) is 19.2 Å². The van der Waals surface area contributed by atoms with Crippen LogP contribution in [-0.4, -0.2) is 26.7 Å². The number of carbonyl (C=O) groups excluding carboxylic acids is 1. The smallest absolute Gasteiger partial charge is 0.158 e. The predicted molar refractivity (Wildman–Crippen MR) is 80.8 cm³/mol. The molecule has 1 aromatic rings. The van der Waals surface area contributed by atoms with Gasteiger partial charge in [-0.3, -0.25) is 9.80 Å². The SMILES string of the molecule is COc1cccc(N(C)/N=C\C(Br)=C(\Br)C=O)c1. The topological polar surface area (TPSA) is 41.9 Å². The summed E-state index contributed by atoms with van der Waals surface area (Å²) in [5.74, 6) is 0.762. The summed E-state index contributed by atoms with van der Waals surface area (Å²) < 4.78 is 6.12. The molecular weight excluding hydrogens is 364 g/mol. The minimum absolute atomic E-state index is 0.408. The van der Waals surface area contributed by atoms with E-state index < -0.39 is 0 Å². The first-order chi connectivity index (χ1) is 8.58. The molecule has 0 bridgehead atoms. The van der Waals surface area contributed by atoms with E-state index in [2.05, 4.69) is 37.0 Å². The van der Waals surface area contributed by atoms with Gasteiger partial charge in [-0.05, 0) is 44.0 Å². The van der Waals surface area contributed by atoms with Crippen LogP contribution in [0.1, 0.15) is 0 Å². The van der Waals surface area contributed by atoms with Crippen LogP contribution in [0.25, 0.3) is 0 Å². The molecule has 0 saturated carbocycles. The molecule has 0 amide bonds. The van der Waals surface area contributed by atoms with Crippen molar-refractivity contribution in [3.8, 4) is 5.75 Å². The number of aldehydes is 1. The van der Waals surface area contributed by atoms with Gasteiger partial charge in [-0.1, -0.05) is 6.07 Å². The molecule has 0 fully saturated rings. The van der Waals surface area contributed by atoms with Crippen molar-refractivity contribution in [1.29, 1.82) is 0 Å². The van der Waals surface area contributed by atoms with Gasteiger partial charge in [0.05, 0.1) is 28.0 Å². The van der Waals surface area contributed by atoms with Crippen molar-refractivity contribution in [1.82, 2.24) is 0 Å². The van der Waals surface area contributed by atoms with Crippen LogP contribution in [-0.2, 0) is 4.79 Å². The van der Waals surface area contributed by atoms with Crippen molar-refractivity contribution in [3.05, 3.63) is 33.2 Å². The molecule has 0 aliphatic heterocycles. The molecule has 6 heteroatoms. The number of rotatable bonds is 5. The highest BCUT2D eigenvalue weighted by atomic mass is 79.9. The molecule has 1 aromatic carbocycles. The molecule has 0 aliphatic rings. The van der Waals surface area contributed by atoms with E-state index in [0.29, 0.717) is 15.3 Å². The van der Waals surface area contributed by atoms with E-state index in [1.54, 1.807) is 19.2 Å². The highest BCUT2D eigenvalue weighted by molar-refractivity contribution is 9.14. The molecule has 0 N–H and O–H groups in total. The van der Waals surface area contributed by atoms with E-state index in [4.69, 9.17) is 4.74 Å². The van der Waals surface area contributed by atoms with Gasteiger partial charge in [0.2, 0.25) is 0 Å². The second-order valence-electron chi connectivity index (χ2n) is 3.28. The third-order valence-corrected chi connectivity index (χ3v) is 3.88. The zero-order valence-corrected chi connectivity index (χ0v) is 13.1. The second-order valence-corrected chi connectivity index (χ2v) is 4.99. The standard InChI is InChI=1S/C12H12Br2N2O2/c1-16(15-7-11(13)12(14)8-17)9-4-3-5-10(6-9)18-2/h3-8H,1-2H3/b12-11-,15-7-. The summed E-state index contributed by atoms with van der Waals surface area (Å²) in [4.78, 5) is 10.5. The number of hydrogen-bond acceptors (Lipinski definition) is 4. The fourth-order valence-electron chi connectivity index (χ4n) is 1.13. The van der Waals surface area contributed by atoms with Crippen LogP contribution in [0.2, 0.25) is 0 Å². The van der Waals surface area contributed by atoms with Crippen LogP contribution in [0.15, 0.2) is 38.3 Å². The highest BCUT2D eigenvalue weighted by Crippen LogP contribution is 2.20. The lowest BCUT2D eigenvalue weighted by Gasteiger charge is -2.13. The van der Waals surface area contributed by atoms with Gasteiger partial charge in [-0.25, -0.2) is 0 Å². The Bertz CT molecular complexity index is 487. The molecular formula is C12H12Br2N2O2. The molecule has 0 atom stereocenters. The molecule has 0 radical (unpaired) electrons. The summed E-state index contributed by atoms with van der Waals surface area (Å²) in [6.07, 6.45) is 2.24. The Morgan fingerprint density at radius 2 is 2.11 bits per heavy atom. The Hall–Kier alpha value is -1.14. The summed E-state index contributed by atoms with van der Waals surface area (Å²) in [6.45, 7) is 0. The molecule has 0 unspecified atom stereocenters. The summed E-state index contributed by atoms with van der Waals surface area (Å²) in [5.41, 5.74) is 0.883. The lowest BCUT2D eigenvalue weighted by Crippen LogP contribution is -2.08. The quantitative estimate of drug-likeness (QED) is 0.343. The molecule has 1 rings (SSSR count). The van der Waals surface area contributed by atoms with Gasteiger partial charge in [0.25, 0.3) is 0 Å².